The first-order valence-electron chi connectivity index (χ1n) is 4.36. The first kappa shape index (κ1) is 10.0. The van der Waals surface area contributed by atoms with Crippen LogP contribution in [0.1, 0.15) is 10.5 Å². The first-order chi connectivity index (χ1) is 7.59. The van der Waals surface area contributed by atoms with Gasteiger partial charge < -0.3 is 5.11 Å². The topological polar surface area (TPSA) is 87.6 Å². The Morgan fingerprint density at radius 1 is 1.19 bits per heavy atom. The summed E-state index contributed by atoms with van der Waals surface area (Å²) in [4.78, 5) is 37.8. The van der Waals surface area contributed by atoms with Crippen molar-refractivity contribution >= 4 is 23.6 Å². The van der Waals surface area contributed by atoms with Crippen LogP contribution >= 0.6 is 0 Å². The molecule has 2 heterocycles. The van der Waals surface area contributed by atoms with Crippen molar-refractivity contribution in [1.82, 2.24) is 4.98 Å². The molecule has 0 spiro atoms. The Labute approximate surface area is 89.8 Å². The number of carboxylic acids is 1. The van der Waals surface area contributed by atoms with Crippen LogP contribution < -0.4 is 4.90 Å². The summed E-state index contributed by atoms with van der Waals surface area (Å²) >= 11 is 0. The normalized spacial score (nSPS) is 14.6. The molecule has 1 aromatic heterocycles. The minimum atomic E-state index is -1.21. The zero-order valence-corrected chi connectivity index (χ0v) is 7.95. The number of imide groups is 1. The summed E-state index contributed by atoms with van der Waals surface area (Å²) in [5.41, 5.74) is -0.218. The average Bonchev–Trinajstić information content (AvgIpc) is 2.59. The van der Waals surface area contributed by atoms with Crippen molar-refractivity contribution in [3.8, 4) is 0 Å². The van der Waals surface area contributed by atoms with Gasteiger partial charge in [0, 0.05) is 12.2 Å². The number of amides is 2. The first-order valence-corrected chi connectivity index (χ1v) is 4.36. The van der Waals surface area contributed by atoms with Crippen molar-refractivity contribution in [3.05, 3.63) is 36.0 Å². The average molecular weight is 218 g/mol. The summed E-state index contributed by atoms with van der Waals surface area (Å²) in [5.74, 6) is -2.26. The largest absolute Gasteiger partial charge is 0.477 e. The highest BCUT2D eigenvalue weighted by atomic mass is 16.4. The third-order valence-electron chi connectivity index (χ3n) is 1.99. The van der Waals surface area contributed by atoms with Gasteiger partial charge in [0.25, 0.3) is 11.8 Å². The lowest BCUT2D eigenvalue weighted by atomic mass is 10.3. The second-order valence-corrected chi connectivity index (χ2v) is 3.03. The lowest BCUT2D eigenvalue weighted by Crippen LogP contribution is -2.30. The van der Waals surface area contributed by atoms with Crippen LogP contribution in [0.3, 0.4) is 0 Å². The molecule has 2 rings (SSSR count). The van der Waals surface area contributed by atoms with Gasteiger partial charge in [0.1, 0.15) is 5.82 Å². The Kier molecular flexibility index (Phi) is 2.24. The molecule has 16 heavy (non-hydrogen) atoms. The second kappa shape index (κ2) is 3.58. The lowest BCUT2D eigenvalue weighted by molar-refractivity contribution is -0.120. The van der Waals surface area contributed by atoms with E-state index in [1.807, 2.05) is 0 Å². The Balaban J connectivity index is 2.41. The molecule has 0 bridgehead atoms. The van der Waals surface area contributed by atoms with Crippen LogP contribution in [0.15, 0.2) is 30.4 Å². The molecule has 1 aromatic rings. The van der Waals surface area contributed by atoms with Crippen LogP contribution in [0.5, 0.6) is 0 Å². The molecule has 6 nitrogen and oxygen atoms in total. The molecule has 1 N–H and O–H groups in total. The summed E-state index contributed by atoms with van der Waals surface area (Å²) in [7, 11) is 0. The van der Waals surface area contributed by atoms with Crippen LogP contribution in [0.2, 0.25) is 0 Å². The molecule has 0 saturated heterocycles. The van der Waals surface area contributed by atoms with Crippen LogP contribution in [0, 0.1) is 0 Å². The molecule has 0 aliphatic carbocycles. The van der Waals surface area contributed by atoms with E-state index in [9.17, 15) is 14.4 Å². The molecule has 80 valence electrons. The van der Waals surface area contributed by atoms with Gasteiger partial charge in [-0.05, 0) is 12.1 Å². The maximum atomic E-state index is 11.3. The fourth-order valence-electron chi connectivity index (χ4n) is 1.29. The Bertz CT molecular complexity index is 503. The molecule has 6 heteroatoms. The van der Waals surface area contributed by atoms with E-state index < -0.39 is 17.8 Å². The van der Waals surface area contributed by atoms with Gasteiger partial charge in [-0.3, -0.25) is 9.59 Å². The van der Waals surface area contributed by atoms with E-state index in [0.717, 1.165) is 17.1 Å². The number of aromatic nitrogens is 1. The van der Waals surface area contributed by atoms with E-state index in [1.54, 1.807) is 0 Å². The molecular formula is C10H6N2O4. The predicted molar refractivity (Wildman–Crippen MR) is 52.8 cm³/mol. The van der Waals surface area contributed by atoms with Gasteiger partial charge in [-0.2, -0.15) is 0 Å². The third-order valence-corrected chi connectivity index (χ3v) is 1.99. The zero-order valence-electron chi connectivity index (χ0n) is 7.95. The number of carbonyl (C=O) groups excluding carboxylic acids is 2. The number of carboxylic acid groups (broad SMARTS) is 1. The number of hydrogen-bond donors (Lipinski definition) is 1. The van der Waals surface area contributed by atoms with Crippen LogP contribution in [-0.2, 0) is 9.59 Å². The standard InChI is InChI=1S/C10H6N2O4/c13-8-4-5-9(14)12(8)7-3-1-2-6(11-7)10(15)16/h1-5H,(H,15,16). The number of hydrogen-bond acceptors (Lipinski definition) is 4. The second-order valence-electron chi connectivity index (χ2n) is 3.03. The molecule has 0 unspecified atom stereocenters. The van der Waals surface area contributed by atoms with Gasteiger partial charge in [0.15, 0.2) is 5.69 Å². The number of rotatable bonds is 2. The zero-order chi connectivity index (χ0) is 11.7. The smallest absolute Gasteiger partial charge is 0.354 e. The van der Waals surface area contributed by atoms with Crippen LogP contribution in [0.4, 0.5) is 5.82 Å². The Morgan fingerprint density at radius 3 is 2.38 bits per heavy atom. The van der Waals surface area contributed by atoms with Crippen molar-refractivity contribution in [2.45, 2.75) is 0 Å². The molecule has 0 radical (unpaired) electrons. The molecule has 1 aliphatic heterocycles. The number of nitrogens with zero attached hydrogens (tertiary/aromatic N) is 2. The van der Waals surface area contributed by atoms with E-state index in [4.69, 9.17) is 5.11 Å². The molecule has 1 aliphatic rings. The van der Waals surface area contributed by atoms with Crippen molar-refractivity contribution in [3.63, 3.8) is 0 Å². The van der Waals surface area contributed by atoms with E-state index in [-0.39, 0.29) is 11.5 Å². The fourth-order valence-corrected chi connectivity index (χ4v) is 1.29. The summed E-state index contributed by atoms with van der Waals surface area (Å²) in [5, 5.41) is 8.72. The maximum Gasteiger partial charge on any atom is 0.354 e. The minimum absolute atomic E-state index is 0.0138. The molecule has 0 aromatic carbocycles. The number of aromatic carboxylic acids is 1. The predicted octanol–water partition coefficient (Wildman–Crippen LogP) is 0.209. The van der Waals surface area contributed by atoms with E-state index in [0.29, 0.717) is 0 Å². The lowest BCUT2D eigenvalue weighted by Gasteiger charge is -2.12. The summed E-state index contributed by atoms with van der Waals surface area (Å²) in [6, 6.07) is 4.10. The van der Waals surface area contributed by atoms with Crippen LogP contribution in [-0.4, -0.2) is 27.9 Å². The van der Waals surface area contributed by atoms with Crippen molar-refractivity contribution in [2.75, 3.05) is 4.90 Å². The van der Waals surface area contributed by atoms with Crippen molar-refractivity contribution < 1.29 is 19.5 Å². The van der Waals surface area contributed by atoms with E-state index in [2.05, 4.69) is 4.98 Å². The highest BCUT2D eigenvalue weighted by Crippen LogP contribution is 2.16. The van der Waals surface area contributed by atoms with Gasteiger partial charge in [-0.15, -0.1) is 0 Å². The van der Waals surface area contributed by atoms with Gasteiger partial charge in [-0.25, -0.2) is 14.7 Å². The summed E-state index contributed by atoms with van der Waals surface area (Å²) in [6.07, 6.45) is 2.22. The number of pyridine rings is 1. The van der Waals surface area contributed by atoms with Crippen LogP contribution in [0.25, 0.3) is 0 Å². The number of carbonyl (C=O) groups is 3. The molecule has 2 amide bonds. The Hall–Kier alpha value is -2.50. The molecular weight excluding hydrogens is 212 g/mol. The monoisotopic (exact) mass is 218 g/mol. The molecule has 0 atom stereocenters. The minimum Gasteiger partial charge on any atom is -0.477 e. The third kappa shape index (κ3) is 1.56. The summed E-state index contributed by atoms with van der Waals surface area (Å²) < 4.78 is 0. The molecule has 0 saturated carbocycles. The number of anilines is 1. The van der Waals surface area contributed by atoms with Gasteiger partial charge in [-0.1, -0.05) is 6.07 Å². The van der Waals surface area contributed by atoms with Gasteiger partial charge in [0.05, 0.1) is 0 Å². The fraction of sp³-hybridized carbons (Fsp3) is 0. The van der Waals surface area contributed by atoms with E-state index in [1.165, 1.54) is 18.2 Å². The SMILES string of the molecule is O=C(O)c1cccc(N2C(=O)C=CC2=O)n1. The van der Waals surface area contributed by atoms with Crippen molar-refractivity contribution in [1.29, 1.82) is 0 Å². The highest BCUT2D eigenvalue weighted by molar-refractivity contribution is 6.27. The maximum absolute atomic E-state index is 11.3. The van der Waals surface area contributed by atoms with Crippen molar-refractivity contribution in [2.24, 2.45) is 0 Å². The van der Waals surface area contributed by atoms with E-state index >= 15 is 0 Å². The summed E-state index contributed by atoms with van der Waals surface area (Å²) in [6.45, 7) is 0. The van der Waals surface area contributed by atoms with Gasteiger partial charge in [0.2, 0.25) is 0 Å². The highest BCUT2D eigenvalue weighted by Gasteiger charge is 2.26. The quantitative estimate of drug-likeness (QED) is 0.717. The van der Waals surface area contributed by atoms with Gasteiger partial charge >= 0.3 is 5.97 Å². The molecule has 0 fully saturated rings. The Morgan fingerprint density at radius 2 is 1.81 bits per heavy atom.